The van der Waals surface area contributed by atoms with E-state index < -0.39 is 0 Å². The summed E-state index contributed by atoms with van der Waals surface area (Å²) in [4.78, 5) is 24.0. The predicted octanol–water partition coefficient (Wildman–Crippen LogP) is 4.33. The Balaban J connectivity index is 1.75. The van der Waals surface area contributed by atoms with Gasteiger partial charge in [-0.2, -0.15) is 0 Å². The molecule has 0 amide bonds. The average molecular weight is 300 g/mol. The maximum atomic E-state index is 12.1. The first-order chi connectivity index (χ1) is 10.3. The third-order valence-electron chi connectivity index (χ3n) is 7.88. The van der Waals surface area contributed by atoms with Gasteiger partial charge >= 0.3 is 0 Å². The van der Waals surface area contributed by atoms with Gasteiger partial charge in [0, 0.05) is 19.3 Å². The monoisotopic (exact) mass is 300 g/mol. The fourth-order valence-electron chi connectivity index (χ4n) is 6.69. The molecule has 4 aliphatic carbocycles. The quantitative estimate of drug-likeness (QED) is 0.667. The highest BCUT2D eigenvalue weighted by atomic mass is 16.1. The van der Waals surface area contributed by atoms with E-state index in [0.717, 1.165) is 32.1 Å². The summed E-state index contributed by atoms with van der Waals surface area (Å²) in [6.07, 6.45) is 8.88. The zero-order chi connectivity index (χ0) is 15.7. The van der Waals surface area contributed by atoms with Crippen LogP contribution in [0.5, 0.6) is 0 Å². The number of allylic oxidation sites excluding steroid dienone is 1. The molecule has 2 nitrogen and oxygen atoms in total. The van der Waals surface area contributed by atoms with Crippen LogP contribution in [0.1, 0.15) is 65.7 Å². The summed E-state index contributed by atoms with van der Waals surface area (Å²) in [5.74, 6) is 3.39. The Kier molecular flexibility index (Phi) is 3.03. The maximum absolute atomic E-state index is 12.1. The molecule has 2 heteroatoms. The van der Waals surface area contributed by atoms with Gasteiger partial charge in [-0.05, 0) is 66.3 Å². The Morgan fingerprint density at radius 3 is 2.64 bits per heavy atom. The fraction of sp³-hybridized carbons (Fsp3) is 0.800. The number of rotatable bonds is 0. The zero-order valence-corrected chi connectivity index (χ0v) is 14.2. The molecule has 3 fully saturated rings. The Morgan fingerprint density at radius 1 is 1.09 bits per heavy atom. The molecule has 0 heterocycles. The highest BCUT2D eigenvalue weighted by Gasteiger charge is 2.59. The van der Waals surface area contributed by atoms with Crippen molar-refractivity contribution in [1.82, 2.24) is 0 Å². The standard InChI is InChI=1S/C20H28O2/c1-12-8-13-9-14(21)4-7-20(13,3)16-5-6-19(2)11-15(22)10-17(19)18(12)16/h9,12,16-18H,4-8,10-11H2,1-3H3/t12?,16?,17?,18?,19-,20+/m1/s1. The number of hydrogen-bond acceptors (Lipinski definition) is 2. The maximum Gasteiger partial charge on any atom is 0.155 e. The van der Waals surface area contributed by atoms with E-state index in [1.165, 1.54) is 18.4 Å². The molecule has 4 unspecified atom stereocenters. The van der Waals surface area contributed by atoms with Crippen molar-refractivity contribution in [3.63, 3.8) is 0 Å². The molecule has 0 bridgehead atoms. The lowest BCUT2D eigenvalue weighted by atomic mass is 9.45. The average Bonchev–Trinajstić information content (AvgIpc) is 2.75. The normalized spacial score (nSPS) is 51.0. The van der Waals surface area contributed by atoms with Crippen molar-refractivity contribution in [3.05, 3.63) is 11.6 Å². The second-order valence-corrected chi connectivity index (χ2v) is 9.14. The van der Waals surface area contributed by atoms with Crippen LogP contribution >= 0.6 is 0 Å². The van der Waals surface area contributed by atoms with E-state index in [2.05, 4.69) is 20.8 Å². The molecule has 4 rings (SSSR count). The molecule has 4 aliphatic rings. The van der Waals surface area contributed by atoms with Gasteiger partial charge in [-0.3, -0.25) is 9.59 Å². The van der Waals surface area contributed by atoms with E-state index in [1.54, 1.807) is 0 Å². The minimum atomic E-state index is 0.220. The highest BCUT2D eigenvalue weighted by molar-refractivity contribution is 5.91. The molecule has 0 aromatic heterocycles. The van der Waals surface area contributed by atoms with Crippen LogP contribution < -0.4 is 0 Å². The van der Waals surface area contributed by atoms with Crippen LogP contribution in [0.4, 0.5) is 0 Å². The zero-order valence-electron chi connectivity index (χ0n) is 14.2. The number of hydrogen-bond donors (Lipinski definition) is 0. The van der Waals surface area contributed by atoms with Crippen molar-refractivity contribution in [3.8, 4) is 0 Å². The largest absolute Gasteiger partial charge is 0.300 e. The van der Waals surface area contributed by atoms with Gasteiger partial charge in [0.1, 0.15) is 5.78 Å². The minimum absolute atomic E-state index is 0.220. The summed E-state index contributed by atoms with van der Waals surface area (Å²) in [5.41, 5.74) is 1.90. The fourth-order valence-corrected chi connectivity index (χ4v) is 6.69. The van der Waals surface area contributed by atoms with Gasteiger partial charge in [0.15, 0.2) is 5.78 Å². The lowest BCUT2D eigenvalue weighted by Crippen LogP contribution is -2.52. The van der Waals surface area contributed by atoms with Gasteiger partial charge in [-0.15, -0.1) is 0 Å². The molecule has 0 aliphatic heterocycles. The summed E-state index contributed by atoms with van der Waals surface area (Å²) >= 11 is 0. The second kappa shape index (κ2) is 4.55. The second-order valence-electron chi connectivity index (χ2n) is 9.14. The molecule has 120 valence electrons. The third-order valence-corrected chi connectivity index (χ3v) is 7.88. The smallest absolute Gasteiger partial charge is 0.155 e. The first-order valence-corrected chi connectivity index (χ1v) is 9.09. The molecule has 0 N–H and O–H groups in total. The summed E-state index contributed by atoms with van der Waals surface area (Å²) in [6, 6.07) is 0. The van der Waals surface area contributed by atoms with Crippen molar-refractivity contribution in [2.24, 2.45) is 34.5 Å². The third kappa shape index (κ3) is 1.85. The van der Waals surface area contributed by atoms with Gasteiger partial charge in [0.25, 0.3) is 0 Å². The Morgan fingerprint density at radius 2 is 1.86 bits per heavy atom. The Labute approximate surface area is 133 Å². The lowest BCUT2D eigenvalue weighted by Gasteiger charge is -2.59. The number of Topliss-reactive ketones (excluding diaryl/α,β-unsaturated/α-hetero) is 1. The molecule has 3 saturated carbocycles. The number of carbonyl (C=O) groups excluding carboxylic acids is 2. The molecule has 0 saturated heterocycles. The van der Waals surface area contributed by atoms with Crippen LogP contribution in [0.15, 0.2) is 11.6 Å². The molecule has 0 aromatic rings. The predicted molar refractivity (Wildman–Crippen MR) is 86.3 cm³/mol. The number of ketones is 2. The summed E-state index contributed by atoms with van der Waals surface area (Å²) in [6.45, 7) is 7.14. The van der Waals surface area contributed by atoms with Crippen molar-refractivity contribution in [1.29, 1.82) is 0 Å². The van der Waals surface area contributed by atoms with Crippen LogP contribution in [0.3, 0.4) is 0 Å². The first-order valence-electron chi connectivity index (χ1n) is 9.09. The molecular weight excluding hydrogens is 272 g/mol. The van der Waals surface area contributed by atoms with E-state index >= 15 is 0 Å². The van der Waals surface area contributed by atoms with Gasteiger partial charge in [0.2, 0.25) is 0 Å². The van der Waals surface area contributed by atoms with E-state index in [4.69, 9.17) is 0 Å². The molecule has 22 heavy (non-hydrogen) atoms. The molecule has 0 aromatic carbocycles. The van der Waals surface area contributed by atoms with Gasteiger partial charge in [-0.25, -0.2) is 0 Å². The summed E-state index contributed by atoms with van der Waals surface area (Å²) < 4.78 is 0. The first kappa shape index (κ1) is 14.7. The molecular formula is C20H28O2. The van der Waals surface area contributed by atoms with Crippen molar-refractivity contribution in [2.75, 3.05) is 0 Å². The van der Waals surface area contributed by atoms with Crippen molar-refractivity contribution >= 4 is 11.6 Å². The minimum Gasteiger partial charge on any atom is -0.300 e. The van der Waals surface area contributed by atoms with Gasteiger partial charge < -0.3 is 0 Å². The highest BCUT2D eigenvalue weighted by Crippen LogP contribution is 2.65. The van der Waals surface area contributed by atoms with Crippen LogP contribution in [-0.4, -0.2) is 11.6 Å². The summed E-state index contributed by atoms with van der Waals surface area (Å²) in [7, 11) is 0. The van der Waals surface area contributed by atoms with Crippen LogP contribution in [0, 0.1) is 34.5 Å². The molecule has 0 spiro atoms. The molecule has 6 atom stereocenters. The van der Waals surface area contributed by atoms with Gasteiger partial charge in [0.05, 0.1) is 0 Å². The van der Waals surface area contributed by atoms with E-state index in [-0.39, 0.29) is 10.8 Å². The topological polar surface area (TPSA) is 34.1 Å². The van der Waals surface area contributed by atoms with Crippen LogP contribution in [0.2, 0.25) is 0 Å². The number of fused-ring (bicyclic) bond motifs is 5. The van der Waals surface area contributed by atoms with Crippen molar-refractivity contribution in [2.45, 2.75) is 65.7 Å². The molecule has 0 radical (unpaired) electrons. The van der Waals surface area contributed by atoms with E-state index in [9.17, 15) is 9.59 Å². The van der Waals surface area contributed by atoms with Crippen molar-refractivity contribution < 1.29 is 9.59 Å². The summed E-state index contributed by atoms with van der Waals surface area (Å²) in [5, 5.41) is 0. The Hall–Kier alpha value is -0.920. The number of carbonyl (C=O) groups is 2. The SMILES string of the molecule is CC1CC2=CC(=O)CC[C@]2(C)C2CC[C@]3(C)CC(=O)CC3C12. The van der Waals surface area contributed by atoms with E-state index in [0.29, 0.717) is 35.2 Å². The van der Waals surface area contributed by atoms with Crippen LogP contribution in [-0.2, 0) is 9.59 Å². The van der Waals surface area contributed by atoms with Crippen LogP contribution in [0.25, 0.3) is 0 Å². The van der Waals surface area contributed by atoms with E-state index in [1.807, 2.05) is 6.08 Å². The lowest BCUT2D eigenvalue weighted by molar-refractivity contribution is -0.118. The van der Waals surface area contributed by atoms with Gasteiger partial charge in [-0.1, -0.05) is 26.3 Å². The Bertz CT molecular complexity index is 574.